The molecule has 1 aliphatic rings. The third-order valence-corrected chi connectivity index (χ3v) is 4.28. The van der Waals surface area contributed by atoms with Gasteiger partial charge in [-0.1, -0.05) is 42.5 Å². The van der Waals surface area contributed by atoms with Crippen LogP contribution in [0.15, 0.2) is 59.7 Å². The average molecular weight is 324 g/mol. The molecule has 2 aromatic carbocycles. The minimum Gasteiger partial charge on any atom is -0.497 e. The summed E-state index contributed by atoms with van der Waals surface area (Å²) in [6.45, 7) is 4.11. The van der Waals surface area contributed by atoms with E-state index in [9.17, 15) is 4.79 Å². The molecule has 0 saturated heterocycles. The number of nitrogens with zero attached hydrogens (tertiary/aromatic N) is 2. The van der Waals surface area contributed by atoms with Gasteiger partial charge in [-0.2, -0.15) is 10.1 Å². The number of rotatable bonds is 4. The molecule has 5 heteroatoms. The van der Waals surface area contributed by atoms with Crippen LogP contribution < -0.4 is 4.74 Å². The van der Waals surface area contributed by atoms with Crippen LogP contribution in [0.5, 0.6) is 5.75 Å². The van der Waals surface area contributed by atoms with Crippen molar-refractivity contribution >= 4 is 11.8 Å². The van der Waals surface area contributed by atoms with E-state index in [1.807, 2.05) is 68.4 Å². The molecule has 3 rings (SSSR count). The van der Waals surface area contributed by atoms with E-state index in [1.165, 1.54) is 5.01 Å². The number of hydrogen-bond donors (Lipinski definition) is 0. The van der Waals surface area contributed by atoms with E-state index in [0.717, 1.165) is 22.6 Å². The van der Waals surface area contributed by atoms with E-state index in [1.54, 1.807) is 7.11 Å². The molecule has 0 bridgehead atoms. The summed E-state index contributed by atoms with van der Waals surface area (Å²) in [7, 11) is 1.62. The van der Waals surface area contributed by atoms with Crippen molar-refractivity contribution in [1.82, 2.24) is 5.01 Å². The van der Waals surface area contributed by atoms with Crippen molar-refractivity contribution in [3.8, 4) is 5.75 Å². The molecule has 24 heavy (non-hydrogen) atoms. The van der Waals surface area contributed by atoms with Crippen molar-refractivity contribution in [2.24, 2.45) is 5.10 Å². The molecule has 5 nitrogen and oxygen atoms in total. The molecule has 1 unspecified atom stereocenters. The highest BCUT2D eigenvalue weighted by Gasteiger charge is 2.40. The summed E-state index contributed by atoms with van der Waals surface area (Å²) in [6, 6.07) is 17.2. The second-order valence-electron chi connectivity index (χ2n) is 5.86. The molecule has 0 saturated carbocycles. The first-order valence-electron chi connectivity index (χ1n) is 7.77. The number of hydrogen-bond acceptors (Lipinski definition) is 4. The number of hydrazone groups is 1. The molecule has 0 aliphatic carbocycles. The average Bonchev–Trinajstić information content (AvgIpc) is 2.60. The first-order valence-corrected chi connectivity index (χ1v) is 7.77. The number of carbonyl (C=O) groups excluding carboxylic acids is 1. The molecular formula is C19H20N2O3. The molecule has 0 spiro atoms. The minimum atomic E-state index is -0.878. The molecule has 124 valence electrons. The van der Waals surface area contributed by atoms with Gasteiger partial charge < -0.3 is 9.47 Å². The molecule has 1 atom stereocenters. The standard InChI is InChI=1S/C19H20N2O3/c1-14-19(2,16-9-11-17(23-3)12-10-16)24-18(22)21(20-14)13-15-7-5-4-6-8-15/h4-12H,13H2,1-3H3. The molecule has 0 fully saturated rings. The zero-order valence-corrected chi connectivity index (χ0v) is 14.0. The van der Waals surface area contributed by atoms with Crippen LogP contribution in [-0.4, -0.2) is 23.9 Å². The van der Waals surface area contributed by atoms with Crippen LogP contribution in [0.1, 0.15) is 25.0 Å². The largest absolute Gasteiger partial charge is 0.497 e. The Bertz CT molecular complexity index is 756. The van der Waals surface area contributed by atoms with Crippen LogP contribution in [0.4, 0.5) is 4.79 Å². The van der Waals surface area contributed by atoms with Gasteiger partial charge in [0.05, 0.1) is 19.4 Å². The molecule has 1 aliphatic heterocycles. The normalized spacial score (nSPS) is 20.4. The van der Waals surface area contributed by atoms with Gasteiger partial charge in [0.15, 0.2) is 5.60 Å². The van der Waals surface area contributed by atoms with E-state index in [0.29, 0.717) is 6.54 Å². The summed E-state index contributed by atoms with van der Waals surface area (Å²) in [5.74, 6) is 0.754. The smallest absolute Gasteiger partial charge is 0.431 e. The minimum absolute atomic E-state index is 0.385. The summed E-state index contributed by atoms with van der Waals surface area (Å²) in [5, 5.41) is 5.83. The fourth-order valence-electron chi connectivity index (χ4n) is 2.65. The molecule has 0 N–H and O–H groups in total. The van der Waals surface area contributed by atoms with Gasteiger partial charge in [-0.15, -0.1) is 0 Å². The van der Waals surface area contributed by atoms with E-state index < -0.39 is 11.7 Å². The lowest BCUT2D eigenvalue weighted by Crippen LogP contribution is -2.46. The summed E-state index contributed by atoms with van der Waals surface area (Å²) in [5.41, 5.74) is 1.70. The maximum Gasteiger partial charge on any atom is 0.431 e. The van der Waals surface area contributed by atoms with Crippen molar-refractivity contribution in [3.63, 3.8) is 0 Å². The molecule has 1 amide bonds. The second kappa shape index (κ2) is 6.35. The third kappa shape index (κ3) is 2.97. The zero-order chi connectivity index (χ0) is 17.2. The fourth-order valence-corrected chi connectivity index (χ4v) is 2.65. The summed E-state index contributed by atoms with van der Waals surface area (Å²) >= 11 is 0. The van der Waals surface area contributed by atoms with E-state index in [2.05, 4.69) is 5.10 Å². The van der Waals surface area contributed by atoms with Gasteiger partial charge in [0.2, 0.25) is 0 Å². The van der Waals surface area contributed by atoms with Crippen molar-refractivity contribution in [3.05, 3.63) is 65.7 Å². The van der Waals surface area contributed by atoms with Gasteiger partial charge in [-0.3, -0.25) is 0 Å². The zero-order valence-electron chi connectivity index (χ0n) is 14.0. The monoisotopic (exact) mass is 324 g/mol. The lowest BCUT2D eigenvalue weighted by molar-refractivity contribution is 0.0236. The van der Waals surface area contributed by atoms with Crippen molar-refractivity contribution in [2.75, 3.05) is 7.11 Å². The van der Waals surface area contributed by atoms with Crippen LogP contribution in [-0.2, 0) is 16.9 Å². The van der Waals surface area contributed by atoms with E-state index in [4.69, 9.17) is 9.47 Å². The van der Waals surface area contributed by atoms with Crippen molar-refractivity contribution < 1.29 is 14.3 Å². The van der Waals surface area contributed by atoms with Gasteiger partial charge >= 0.3 is 6.09 Å². The number of benzene rings is 2. The maximum atomic E-state index is 12.4. The Balaban J connectivity index is 1.87. The predicted molar refractivity (Wildman–Crippen MR) is 91.9 cm³/mol. The van der Waals surface area contributed by atoms with Crippen LogP contribution in [0.3, 0.4) is 0 Å². The Morgan fingerprint density at radius 1 is 1.12 bits per heavy atom. The number of ether oxygens (including phenoxy) is 2. The van der Waals surface area contributed by atoms with Crippen LogP contribution >= 0.6 is 0 Å². The van der Waals surface area contributed by atoms with Crippen molar-refractivity contribution in [2.45, 2.75) is 26.0 Å². The Labute approximate surface area is 141 Å². The van der Waals surface area contributed by atoms with Gasteiger partial charge in [0.25, 0.3) is 0 Å². The maximum absolute atomic E-state index is 12.4. The van der Waals surface area contributed by atoms with Gasteiger partial charge in [-0.05, 0) is 31.5 Å². The third-order valence-electron chi connectivity index (χ3n) is 4.28. The first kappa shape index (κ1) is 16.1. The highest BCUT2D eigenvalue weighted by atomic mass is 16.6. The topological polar surface area (TPSA) is 51.1 Å². The number of methoxy groups -OCH3 is 1. The first-order chi connectivity index (χ1) is 11.5. The number of amides is 1. The Morgan fingerprint density at radius 2 is 1.79 bits per heavy atom. The lowest BCUT2D eigenvalue weighted by Gasteiger charge is -2.36. The highest BCUT2D eigenvalue weighted by Crippen LogP contribution is 2.33. The number of cyclic esters (lactones) is 1. The second-order valence-corrected chi connectivity index (χ2v) is 5.86. The molecule has 0 aromatic heterocycles. The number of carbonyl (C=O) groups is 1. The fraction of sp³-hybridized carbons (Fsp3) is 0.263. The summed E-state index contributed by atoms with van der Waals surface area (Å²) in [6.07, 6.45) is -0.456. The molecular weight excluding hydrogens is 304 g/mol. The predicted octanol–water partition coefficient (Wildman–Crippen LogP) is 3.94. The SMILES string of the molecule is COc1ccc(C2(C)OC(=O)N(Cc3ccccc3)N=C2C)cc1. The highest BCUT2D eigenvalue weighted by molar-refractivity contribution is 5.95. The molecule has 1 heterocycles. The lowest BCUT2D eigenvalue weighted by atomic mass is 9.91. The van der Waals surface area contributed by atoms with Gasteiger partial charge in [-0.25, -0.2) is 4.79 Å². The molecule has 0 radical (unpaired) electrons. The van der Waals surface area contributed by atoms with E-state index in [-0.39, 0.29) is 0 Å². The van der Waals surface area contributed by atoms with Gasteiger partial charge in [0.1, 0.15) is 5.75 Å². The molecule has 2 aromatic rings. The van der Waals surface area contributed by atoms with Crippen LogP contribution in [0.25, 0.3) is 0 Å². The van der Waals surface area contributed by atoms with Gasteiger partial charge in [0, 0.05) is 5.56 Å². The van der Waals surface area contributed by atoms with Crippen LogP contribution in [0.2, 0.25) is 0 Å². The van der Waals surface area contributed by atoms with E-state index >= 15 is 0 Å². The summed E-state index contributed by atoms with van der Waals surface area (Å²) < 4.78 is 10.9. The summed E-state index contributed by atoms with van der Waals surface area (Å²) in [4.78, 5) is 12.4. The quantitative estimate of drug-likeness (QED) is 0.856. The van der Waals surface area contributed by atoms with Crippen molar-refractivity contribution in [1.29, 1.82) is 0 Å². The Hall–Kier alpha value is -2.82. The van der Waals surface area contributed by atoms with Crippen LogP contribution in [0, 0.1) is 0 Å². The Morgan fingerprint density at radius 3 is 2.42 bits per heavy atom. The Kier molecular flexibility index (Phi) is 4.25.